The Morgan fingerprint density at radius 2 is 2.16 bits per heavy atom. The molecule has 0 atom stereocenters. The smallest absolute Gasteiger partial charge is 0.227 e. The first-order chi connectivity index (χ1) is 9.10. The van der Waals surface area contributed by atoms with Gasteiger partial charge in [0.1, 0.15) is 5.82 Å². The summed E-state index contributed by atoms with van der Waals surface area (Å²) in [6, 6.07) is 5.20. The average molecular weight is 329 g/mol. The lowest BCUT2D eigenvalue weighted by Gasteiger charge is -2.32. The predicted octanol–water partition coefficient (Wildman–Crippen LogP) is 2.34. The van der Waals surface area contributed by atoms with E-state index >= 15 is 0 Å². The quantitative estimate of drug-likeness (QED) is 0.923. The highest BCUT2D eigenvalue weighted by molar-refractivity contribution is 9.10. The number of piperidine rings is 1. The summed E-state index contributed by atoms with van der Waals surface area (Å²) >= 11 is 3.30. The molecule has 1 aromatic rings. The van der Waals surface area contributed by atoms with E-state index in [1.807, 2.05) is 11.9 Å². The highest BCUT2D eigenvalue weighted by Gasteiger charge is 2.22. The van der Waals surface area contributed by atoms with Crippen molar-refractivity contribution in [3.63, 3.8) is 0 Å². The molecule has 1 N–H and O–H groups in total. The van der Waals surface area contributed by atoms with E-state index in [-0.39, 0.29) is 18.1 Å². The number of amides is 1. The van der Waals surface area contributed by atoms with Crippen LogP contribution in [0.5, 0.6) is 0 Å². The molecule has 104 valence electrons. The lowest BCUT2D eigenvalue weighted by Crippen LogP contribution is -2.44. The molecule has 1 heterocycles. The SMILES string of the molecule is CNC1CCN(C(=O)Cc2cc(Br)ccc2F)CC1. The summed E-state index contributed by atoms with van der Waals surface area (Å²) < 4.78 is 14.4. The Bertz CT molecular complexity index is 459. The van der Waals surface area contributed by atoms with Gasteiger partial charge in [-0.25, -0.2) is 4.39 Å². The van der Waals surface area contributed by atoms with Crippen LogP contribution >= 0.6 is 15.9 Å². The Labute approximate surface area is 121 Å². The maximum absolute atomic E-state index is 13.6. The third-order valence-electron chi connectivity index (χ3n) is 3.61. The van der Waals surface area contributed by atoms with Gasteiger partial charge in [0, 0.05) is 23.6 Å². The standard InChI is InChI=1S/C14H18BrFN2O/c1-17-12-4-6-18(7-5-12)14(19)9-10-8-11(15)2-3-13(10)16/h2-3,8,12,17H,4-7,9H2,1H3. The molecule has 1 saturated heterocycles. The van der Waals surface area contributed by atoms with Gasteiger partial charge in [0.25, 0.3) is 0 Å². The van der Waals surface area contributed by atoms with Crippen LogP contribution in [0.4, 0.5) is 4.39 Å². The van der Waals surface area contributed by atoms with Crippen molar-refractivity contribution in [2.24, 2.45) is 0 Å². The second-order valence-electron chi connectivity index (χ2n) is 4.86. The van der Waals surface area contributed by atoms with Crippen molar-refractivity contribution in [2.75, 3.05) is 20.1 Å². The fourth-order valence-electron chi connectivity index (χ4n) is 2.37. The van der Waals surface area contributed by atoms with E-state index in [0.29, 0.717) is 11.6 Å². The lowest BCUT2D eigenvalue weighted by atomic mass is 10.0. The van der Waals surface area contributed by atoms with Crippen molar-refractivity contribution in [1.82, 2.24) is 10.2 Å². The van der Waals surface area contributed by atoms with Gasteiger partial charge in [0.2, 0.25) is 5.91 Å². The van der Waals surface area contributed by atoms with Crippen molar-refractivity contribution in [3.05, 3.63) is 34.1 Å². The minimum absolute atomic E-state index is 0.00607. The monoisotopic (exact) mass is 328 g/mol. The molecule has 0 aromatic heterocycles. The molecular weight excluding hydrogens is 311 g/mol. The normalized spacial score (nSPS) is 16.7. The van der Waals surface area contributed by atoms with Crippen LogP contribution in [0.3, 0.4) is 0 Å². The lowest BCUT2D eigenvalue weighted by molar-refractivity contribution is -0.131. The third-order valence-corrected chi connectivity index (χ3v) is 4.10. The van der Waals surface area contributed by atoms with Gasteiger partial charge in [0.15, 0.2) is 0 Å². The van der Waals surface area contributed by atoms with Gasteiger partial charge in [-0.15, -0.1) is 0 Å². The van der Waals surface area contributed by atoms with Crippen molar-refractivity contribution in [2.45, 2.75) is 25.3 Å². The second-order valence-corrected chi connectivity index (χ2v) is 5.77. The summed E-state index contributed by atoms with van der Waals surface area (Å²) in [5.41, 5.74) is 0.454. The highest BCUT2D eigenvalue weighted by atomic mass is 79.9. The summed E-state index contributed by atoms with van der Waals surface area (Å²) in [6.07, 6.45) is 2.06. The van der Waals surface area contributed by atoms with Crippen molar-refractivity contribution < 1.29 is 9.18 Å². The molecule has 0 unspecified atom stereocenters. The minimum atomic E-state index is -0.318. The second kappa shape index (κ2) is 6.48. The van der Waals surface area contributed by atoms with Gasteiger partial charge in [-0.2, -0.15) is 0 Å². The summed E-state index contributed by atoms with van der Waals surface area (Å²) in [4.78, 5) is 14.0. The van der Waals surface area contributed by atoms with Crippen molar-refractivity contribution in [3.8, 4) is 0 Å². The van der Waals surface area contributed by atoms with E-state index in [9.17, 15) is 9.18 Å². The Morgan fingerprint density at radius 3 is 2.79 bits per heavy atom. The van der Waals surface area contributed by atoms with E-state index in [2.05, 4.69) is 21.2 Å². The first-order valence-electron chi connectivity index (χ1n) is 6.49. The molecule has 1 aliphatic heterocycles. The fraction of sp³-hybridized carbons (Fsp3) is 0.500. The molecule has 0 spiro atoms. The van der Waals surface area contributed by atoms with E-state index in [4.69, 9.17) is 0 Å². The summed E-state index contributed by atoms with van der Waals surface area (Å²) in [6.45, 7) is 1.50. The van der Waals surface area contributed by atoms with Crippen LogP contribution in [-0.2, 0) is 11.2 Å². The zero-order valence-electron chi connectivity index (χ0n) is 11.0. The number of likely N-dealkylation sites (tertiary alicyclic amines) is 1. The molecule has 1 aromatic carbocycles. The molecule has 0 bridgehead atoms. The number of benzene rings is 1. The Morgan fingerprint density at radius 1 is 1.47 bits per heavy atom. The number of nitrogens with one attached hydrogen (secondary N) is 1. The third kappa shape index (κ3) is 3.76. The summed E-state index contributed by atoms with van der Waals surface area (Å²) in [5, 5.41) is 3.23. The number of hydrogen-bond donors (Lipinski definition) is 1. The molecule has 1 aliphatic rings. The Hall–Kier alpha value is -0.940. The molecule has 19 heavy (non-hydrogen) atoms. The molecule has 1 fully saturated rings. The van der Waals surface area contributed by atoms with Gasteiger partial charge < -0.3 is 10.2 Å². The van der Waals surface area contributed by atoms with Crippen molar-refractivity contribution >= 4 is 21.8 Å². The molecule has 5 heteroatoms. The largest absolute Gasteiger partial charge is 0.342 e. The number of nitrogens with zero attached hydrogens (tertiary/aromatic N) is 1. The maximum atomic E-state index is 13.6. The highest BCUT2D eigenvalue weighted by Crippen LogP contribution is 2.18. The zero-order valence-corrected chi connectivity index (χ0v) is 12.5. The van der Waals surface area contributed by atoms with Crippen LogP contribution in [-0.4, -0.2) is 37.0 Å². The zero-order chi connectivity index (χ0) is 13.8. The molecule has 0 saturated carbocycles. The van der Waals surface area contributed by atoms with Crippen LogP contribution in [0.15, 0.2) is 22.7 Å². The molecule has 3 nitrogen and oxygen atoms in total. The van der Waals surface area contributed by atoms with Crippen LogP contribution in [0.2, 0.25) is 0 Å². The van der Waals surface area contributed by atoms with E-state index < -0.39 is 0 Å². The van der Waals surface area contributed by atoms with Crippen LogP contribution in [0.1, 0.15) is 18.4 Å². The average Bonchev–Trinajstić information content (AvgIpc) is 2.43. The number of carbonyl (C=O) groups excluding carboxylic acids is 1. The van der Waals surface area contributed by atoms with E-state index in [1.54, 1.807) is 12.1 Å². The van der Waals surface area contributed by atoms with E-state index in [1.165, 1.54) is 6.07 Å². The molecular formula is C14H18BrFN2O. The van der Waals surface area contributed by atoms with Crippen LogP contribution in [0, 0.1) is 5.82 Å². The van der Waals surface area contributed by atoms with Gasteiger partial charge in [-0.1, -0.05) is 15.9 Å². The first kappa shape index (κ1) is 14.5. The van der Waals surface area contributed by atoms with Crippen molar-refractivity contribution in [1.29, 1.82) is 0 Å². The van der Waals surface area contributed by atoms with Gasteiger partial charge in [-0.3, -0.25) is 4.79 Å². The fourth-order valence-corrected chi connectivity index (χ4v) is 2.78. The minimum Gasteiger partial charge on any atom is -0.342 e. The number of halogens is 2. The Kier molecular flexibility index (Phi) is 4.93. The van der Waals surface area contributed by atoms with Crippen LogP contribution < -0.4 is 5.32 Å². The maximum Gasteiger partial charge on any atom is 0.227 e. The number of rotatable bonds is 3. The molecule has 0 radical (unpaired) electrons. The van der Waals surface area contributed by atoms with Crippen LogP contribution in [0.25, 0.3) is 0 Å². The van der Waals surface area contributed by atoms with Gasteiger partial charge in [-0.05, 0) is 43.7 Å². The topological polar surface area (TPSA) is 32.3 Å². The predicted molar refractivity (Wildman–Crippen MR) is 76.5 cm³/mol. The molecule has 0 aliphatic carbocycles. The molecule has 1 amide bonds. The summed E-state index contributed by atoms with van der Waals surface area (Å²) in [7, 11) is 1.94. The molecule has 2 rings (SSSR count). The van der Waals surface area contributed by atoms with E-state index in [0.717, 1.165) is 30.4 Å². The number of hydrogen-bond acceptors (Lipinski definition) is 2. The Balaban J connectivity index is 1.96. The summed E-state index contributed by atoms with van der Waals surface area (Å²) in [5.74, 6) is -0.312. The van der Waals surface area contributed by atoms with Gasteiger partial charge in [0.05, 0.1) is 6.42 Å². The first-order valence-corrected chi connectivity index (χ1v) is 7.28. The number of carbonyl (C=O) groups is 1. The van der Waals surface area contributed by atoms with Gasteiger partial charge >= 0.3 is 0 Å².